The van der Waals surface area contributed by atoms with Crippen molar-refractivity contribution in [3.05, 3.63) is 12.7 Å². The molecule has 0 fully saturated rings. The Labute approximate surface area is 153 Å². The molecule has 25 heavy (non-hydrogen) atoms. The number of unbranched alkanes of at least 4 members (excludes halogenated alkanes) is 11. The van der Waals surface area contributed by atoms with Crippen LogP contribution in [0.25, 0.3) is 0 Å². The summed E-state index contributed by atoms with van der Waals surface area (Å²) in [5.41, 5.74) is 0. The van der Waals surface area contributed by atoms with Crippen LogP contribution in [-0.2, 0) is 14.3 Å². The summed E-state index contributed by atoms with van der Waals surface area (Å²) in [4.78, 5) is 22.1. The molecule has 0 spiro atoms. The lowest BCUT2D eigenvalue weighted by Gasteiger charge is -2.07. The van der Waals surface area contributed by atoms with Crippen molar-refractivity contribution in [3.63, 3.8) is 0 Å². The number of hydrogen-bond donors (Lipinski definition) is 1. The third-order valence-electron chi connectivity index (χ3n) is 4.03. The second kappa shape index (κ2) is 18.8. The zero-order valence-electron chi connectivity index (χ0n) is 16.0. The molecule has 0 bridgehead atoms. The van der Waals surface area contributed by atoms with Gasteiger partial charge in [0.15, 0.2) is 0 Å². The van der Waals surface area contributed by atoms with Crippen molar-refractivity contribution in [1.82, 2.24) is 5.32 Å². The lowest BCUT2D eigenvalue weighted by molar-refractivity contribution is -0.138. The molecule has 0 heterocycles. The van der Waals surface area contributed by atoms with Gasteiger partial charge in [0.2, 0.25) is 0 Å². The Bertz CT molecular complexity index is 345. The van der Waals surface area contributed by atoms with Gasteiger partial charge in [-0.3, -0.25) is 0 Å². The van der Waals surface area contributed by atoms with E-state index in [0.29, 0.717) is 6.54 Å². The molecule has 5 heteroatoms. The maximum atomic E-state index is 11.4. The van der Waals surface area contributed by atoms with Crippen LogP contribution in [0.3, 0.4) is 0 Å². The highest BCUT2D eigenvalue weighted by Crippen LogP contribution is 2.11. The summed E-state index contributed by atoms with van der Waals surface area (Å²) < 4.78 is 9.58. The van der Waals surface area contributed by atoms with Crippen LogP contribution >= 0.6 is 0 Å². The first-order chi connectivity index (χ1) is 12.2. The minimum Gasteiger partial charge on any atom is -0.459 e. The van der Waals surface area contributed by atoms with E-state index >= 15 is 0 Å². The minimum atomic E-state index is -0.513. The van der Waals surface area contributed by atoms with Crippen LogP contribution < -0.4 is 5.32 Å². The van der Waals surface area contributed by atoms with E-state index in [0.717, 1.165) is 18.9 Å². The molecular formula is C20H37NO4. The second-order valence-electron chi connectivity index (χ2n) is 6.32. The fourth-order valence-corrected chi connectivity index (χ4v) is 2.54. The molecule has 0 unspecified atom stereocenters. The summed E-state index contributed by atoms with van der Waals surface area (Å²) >= 11 is 0. The van der Waals surface area contributed by atoms with Gasteiger partial charge in [0.05, 0.1) is 0 Å². The van der Waals surface area contributed by atoms with Crippen molar-refractivity contribution in [3.8, 4) is 0 Å². The molecule has 0 aromatic carbocycles. The van der Waals surface area contributed by atoms with Gasteiger partial charge >= 0.3 is 12.1 Å². The molecule has 0 aliphatic carbocycles. The molecule has 0 aliphatic heterocycles. The van der Waals surface area contributed by atoms with Crippen molar-refractivity contribution in [2.45, 2.75) is 84.0 Å². The predicted octanol–water partition coefficient (Wildman–Crippen LogP) is 5.14. The van der Waals surface area contributed by atoms with Crippen LogP contribution in [0, 0.1) is 0 Å². The quantitative estimate of drug-likeness (QED) is 0.223. The molecule has 1 amide bonds. The van der Waals surface area contributed by atoms with E-state index in [9.17, 15) is 9.59 Å². The van der Waals surface area contributed by atoms with Crippen molar-refractivity contribution < 1.29 is 19.1 Å². The highest BCUT2D eigenvalue weighted by Gasteiger charge is 2.02. The fraction of sp³-hybridized carbons (Fsp3) is 0.800. The number of amides is 1. The van der Waals surface area contributed by atoms with Crippen LogP contribution in [0.15, 0.2) is 12.7 Å². The van der Waals surface area contributed by atoms with E-state index in [1.165, 1.54) is 64.2 Å². The minimum absolute atomic E-state index is 0.0525. The molecule has 0 aromatic heterocycles. The molecule has 0 aromatic rings. The summed E-state index contributed by atoms with van der Waals surface area (Å²) in [5.74, 6) is -0.513. The standard InChI is InChI=1S/C20H37NO4/c1-3-5-6-7-8-9-10-11-12-13-14-15-16-21-20(23)25-18-17-24-19(22)4-2/h4H,2-3,5-18H2,1H3,(H,21,23). The highest BCUT2D eigenvalue weighted by molar-refractivity contribution is 5.81. The zero-order chi connectivity index (χ0) is 18.6. The Kier molecular flexibility index (Phi) is 17.7. The second-order valence-corrected chi connectivity index (χ2v) is 6.32. The first-order valence-electron chi connectivity index (χ1n) is 9.90. The van der Waals surface area contributed by atoms with Gasteiger partial charge in [-0.2, -0.15) is 0 Å². The monoisotopic (exact) mass is 355 g/mol. The van der Waals surface area contributed by atoms with E-state index in [2.05, 4.69) is 18.8 Å². The molecule has 146 valence electrons. The average Bonchev–Trinajstić information content (AvgIpc) is 2.62. The molecule has 0 saturated heterocycles. The average molecular weight is 356 g/mol. The topological polar surface area (TPSA) is 64.6 Å². The molecule has 5 nitrogen and oxygen atoms in total. The van der Waals surface area contributed by atoms with Crippen LogP contribution in [0.4, 0.5) is 4.79 Å². The van der Waals surface area contributed by atoms with Crippen LogP contribution in [0.1, 0.15) is 84.0 Å². The van der Waals surface area contributed by atoms with E-state index in [1.807, 2.05) is 0 Å². The number of rotatable bonds is 17. The first-order valence-corrected chi connectivity index (χ1v) is 9.90. The largest absolute Gasteiger partial charge is 0.459 e. The smallest absolute Gasteiger partial charge is 0.407 e. The number of esters is 1. The van der Waals surface area contributed by atoms with Crippen LogP contribution in [0.2, 0.25) is 0 Å². The summed E-state index contributed by atoms with van der Waals surface area (Å²) in [6.45, 7) is 6.27. The number of nitrogens with one attached hydrogen (secondary N) is 1. The number of carbonyl (C=O) groups is 2. The summed E-state index contributed by atoms with van der Waals surface area (Å²) in [6, 6.07) is 0. The molecule has 0 aliphatic rings. The molecule has 0 radical (unpaired) electrons. The maximum absolute atomic E-state index is 11.4. The van der Waals surface area contributed by atoms with Crippen molar-refractivity contribution in [2.24, 2.45) is 0 Å². The van der Waals surface area contributed by atoms with E-state index < -0.39 is 12.1 Å². The number of carbonyl (C=O) groups excluding carboxylic acids is 2. The Hall–Kier alpha value is -1.52. The summed E-state index contributed by atoms with van der Waals surface area (Å²) in [5, 5.41) is 2.70. The Balaban J connectivity index is 3.18. The normalized spacial score (nSPS) is 10.3. The lowest BCUT2D eigenvalue weighted by Crippen LogP contribution is -2.26. The predicted molar refractivity (Wildman–Crippen MR) is 102 cm³/mol. The van der Waals surface area contributed by atoms with Gasteiger partial charge in [-0.05, 0) is 6.42 Å². The maximum Gasteiger partial charge on any atom is 0.407 e. The van der Waals surface area contributed by atoms with Crippen molar-refractivity contribution >= 4 is 12.1 Å². The highest BCUT2D eigenvalue weighted by atomic mass is 16.6. The van der Waals surface area contributed by atoms with Crippen molar-refractivity contribution in [2.75, 3.05) is 19.8 Å². The van der Waals surface area contributed by atoms with Gasteiger partial charge in [-0.1, -0.05) is 84.1 Å². The number of ether oxygens (including phenoxy) is 2. The number of alkyl carbamates (subject to hydrolysis) is 1. The van der Waals surface area contributed by atoms with Gasteiger partial charge in [0, 0.05) is 12.6 Å². The van der Waals surface area contributed by atoms with Gasteiger partial charge in [-0.25, -0.2) is 9.59 Å². The van der Waals surface area contributed by atoms with Gasteiger partial charge in [0.25, 0.3) is 0 Å². The van der Waals surface area contributed by atoms with Gasteiger partial charge in [0.1, 0.15) is 13.2 Å². The van der Waals surface area contributed by atoms with Crippen LogP contribution in [0.5, 0.6) is 0 Å². The van der Waals surface area contributed by atoms with Crippen molar-refractivity contribution in [1.29, 1.82) is 0 Å². The third kappa shape index (κ3) is 18.7. The zero-order valence-corrected chi connectivity index (χ0v) is 16.0. The Morgan fingerprint density at radius 3 is 1.80 bits per heavy atom. The SMILES string of the molecule is C=CC(=O)OCCOC(=O)NCCCCCCCCCCCCCC. The van der Waals surface area contributed by atoms with Gasteiger partial charge in [-0.15, -0.1) is 0 Å². The number of hydrogen-bond acceptors (Lipinski definition) is 4. The fourth-order valence-electron chi connectivity index (χ4n) is 2.54. The first kappa shape index (κ1) is 23.5. The van der Waals surface area contributed by atoms with E-state index in [-0.39, 0.29) is 13.2 Å². The molecule has 0 saturated carbocycles. The van der Waals surface area contributed by atoms with Crippen LogP contribution in [-0.4, -0.2) is 31.8 Å². The van der Waals surface area contributed by atoms with Gasteiger partial charge < -0.3 is 14.8 Å². The molecular weight excluding hydrogens is 318 g/mol. The molecule has 0 atom stereocenters. The molecule has 0 rings (SSSR count). The van der Waals surface area contributed by atoms with E-state index in [4.69, 9.17) is 9.47 Å². The lowest BCUT2D eigenvalue weighted by atomic mass is 10.1. The van der Waals surface area contributed by atoms with E-state index in [1.54, 1.807) is 0 Å². The summed E-state index contributed by atoms with van der Waals surface area (Å²) in [6.07, 6.45) is 16.2. The Morgan fingerprint density at radius 2 is 1.28 bits per heavy atom. The third-order valence-corrected chi connectivity index (χ3v) is 4.03. The summed E-state index contributed by atoms with van der Waals surface area (Å²) in [7, 11) is 0. The Morgan fingerprint density at radius 1 is 0.800 bits per heavy atom. The molecule has 1 N–H and O–H groups in total.